The summed E-state index contributed by atoms with van der Waals surface area (Å²) < 4.78 is 0. The van der Waals surface area contributed by atoms with E-state index in [0.717, 1.165) is 36.3 Å². The number of carbonyl (C=O) groups is 1. The van der Waals surface area contributed by atoms with E-state index >= 15 is 0 Å². The molecule has 1 aliphatic carbocycles. The van der Waals surface area contributed by atoms with Crippen LogP contribution in [0, 0.1) is 12.3 Å². The molecule has 24 heavy (non-hydrogen) atoms. The molecule has 0 spiro atoms. The number of hydrogen-bond donors (Lipinski definition) is 0. The van der Waals surface area contributed by atoms with Gasteiger partial charge in [0.1, 0.15) is 10.7 Å². The number of terminal acetylenes is 1. The zero-order chi connectivity index (χ0) is 16.9. The highest BCUT2D eigenvalue weighted by molar-refractivity contribution is 7.13. The molecular formula is C19H19ClN2OS. The predicted octanol–water partition coefficient (Wildman–Crippen LogP) is 4.87. The van der Waals surface area contributed by atoms with Gasteiger partial charge in [0.15, 0.2) is 0 Å². The highest BCUT2D eigenvalue weighted by Crippen LogP contribution is 2.27. The minimum atomic E-state index is -0.0590. The Hall–Kier alpha value is -1.83. The number of halogens is 1. The van der Waals surface area contributed by atoms with Gasteiger partial charge in [-0.15, -0.1) is 17.8 Å². The molecule has 5 heteroatoms. The minimum Gasteiger partial charge on any atom is -0.323 e. The molecule has 3 nitrogen and oxygen atoms in total. The fourth-order valence-corrected chi connectivity index (χ4v) is 4.03. The number of amides is 1. The molecule has 0 bridgehead atoms. The molecule has 1 aromatic heterocycles. The van der Waals surface area contributed by atoms with Crippen molar-refractivity contribution in [2.24, 2.45) is 0 Å². The van der Waals surface area contributed by atoms with E-state index in [2.05, 4.69) is 10.9 Å². The van der Waals surface area contributed by atoms with Gasteiger partial charge in [-0.1, -0.05) is 48.9 Å². The number of aromatic nitrogens is 1. The first-order chi connectivity index (χ1) is 11.7. The number of nitrogens with zero attached hydrogens (tertiary/aromatic N) is 2. The zero-order valence-corrected chi connectivity index (χ0v) is 14.9. The minimum absolute atomic E-state index is 0.0590. The summed E-state index contributed by atoms with van der Waals surface area (Å²) in [5, 5.41) is 3.32. The van der Waals surface area contributed by atoms with Crippen molar-refractivity contribution in [3.05, 3.63) is 40.4 Å². The van der Waals surface area contributed by atoms with Crippen LogP contribution < -0.4 is 0 Å². The highest BCUT2D eigenvalue weighted by atomic mass is 35.5. The van der Waals surface area contributed by atoms with Gasteiger partial charge in [-0.3, -0.25) is 4.79 Å². The van der Waals surface area contributed by atoms with E-state index in [1.165, 1.54) is 17.8 Å². The lowest BCUT2D eigenvalue weighted by Crippen LogP contribution is -2.41. The molecule has 0 atom stereocenters. The summed E-state index contributed by atoms with van der Waals surface area (Å²) in [6, 6.07) is 7.72. The molecule has 1 aliphatic rings. The first-order valence-electron chi connectivity index (χ1n) is 8.15. The Kier molecular flexibility index (Phi) is 5.55. The molecule has 0 saturated heterocycles. The van der Waals surface area contributed by atoms with Crippen LogP contribution in [0.5, 0.6) is 0 Å². The molecule has 124 valence electrons. The quantitative estimate of drug-likeness (QED) is 0.730. The zero-order valence-electron chi connectivity index (χ0n) is 13.4. The van der Waals surface area contributed by atoms with E-state index < -0.39 is 0 Å². The van der Waals surface area contributed by atoms with Crippen molar-refractivity contribution in [3.63, 3.8) is 0 Å². The van der Waals surface area contributed by atoms with E-state index in [-0.39, 0.29) is 11.9 Å². The van der Waals surface area contributed by atoms with Crippen LogP contribution >= 0.6 is 22.9 Å². The molecular weight excluding hydrogens is 340 g/mol. The maximum absolute atomic E-state index is 12.9. The number of benzene rings is 1. The average molecular weight is 359 g/mol. The van der Waals surface area contributed by atoms with Crippen molar-refractivity contribution < 1.29 is 4.79 Å². The third-order valence-electron chi connectivity index (χ3n) is 4.35. The van der Waals surface area contributed by atoms with Crippen LogP contribution in [-0.4, -0.2) is 28.4 Å². The van der Waals surface area contributed by atoms with Crippen LogP contribution in [-0.2, 0) is 0 Å². The topological polar surface area (TPSA) is 33.2 Å². The van der Waals surface area contributed by atoms with E-state index in [0.29, 0.717) is 17.3 Å². The molecule has 0 N–H and O–H groups in total. The number of carbonyl (C=O) groups excluding carboxylic acids is 1. The normalized spacial score (nSPS) is 15.0. The van der Waals surface area contributed by atoms with Crippen molar-refractivity contribution in [1.82, 2.24) is 9.88 Å². The van der Waals surface area contributed by atoms with Crippen molar-refractivity contribution in [3.8, 4) is 22.9 Å². The third-order valence-corrected chi connectivity index (χ3v) is 5.50. The van der Waals surface area contributed by atoms with Crippen molar-refractivity contribution in [2.75, 3.05) is 6.54 Å². The highest BCUT2D eigenvalue weighted by Gasteiger charge is 2.27. The molecule has 2 aromatic rings. The van der Waals surface area contributed by atoms with E-state index in [1.54, 1.807) is 0 Å². The van der Waals surface area contributed by atoms with Crippen molar-refractivity contribution in [2.45, 2.75) is 38.1 Å². The lowest BCUT2D eigenvalue weighted by atomic mass is 9.94. The van der Waals surface area contributed by atoms with Gasteiger partial charge in [0.2, 0.25) is 0 Å². The van der Waals surface area contributed by atoms with Gasteiger partial charge >= 0.3 is 0 Å². The summed E-state index contributed by atoms with van der Waals surface area (Å²) in [7, 11) is 0. The average Bonchev–Trinajstić information content (AvgIpc) is 3.10. The number of rotatable bonds is 4. The number of hydrogen-bond acceptors (Lipinski definition) is 3. The van der Waals surface area contributed by atoms with Crippen LogP contribution in [0.4, 0.5) is 0 Å². The second-order valence-corrected chi connectivity index (χ2v) is 7.27. The van der Waals surface area contributed by atoms with Gasteiger partial charge in [-0.2, -0.15) is 0 Å². The third kappa shape index (κ3) is 3.80. The molecule has 1 aromatic carbocycles. The molecule has 1 amide bonds. The fourth-order valence-electron chi connectivity index (χ4n) is 3.10. The van der Waals surface area contributed by atoms with Crippen LogP contribution in [0.1, 0.15) is 42.6 Å². The second-order valence-electron chi connectivity index (χ2n) is 5.97. The summed E-state index contributed by atoms with van der Waals surface area (Å²) in [5.74, 6) is 2.57. The summed E-state index contributed by atoms with van der Waals surface area (Å²) >= 11 is 7.39. The molecule has 0 unspecified atom stereocenters. The Bertz CT molecular complexity index is 741. The standard InChI is InChI=1S/C19H19ClN2OS/c1-2-12-22(16-6-4-3-5-7-16)19(23)17-13-24-18(21-17)14-8-10-15(20)11-9-14/h1,8-11,13,16H,3-7,12H2. The summed E-state index contributed by atoms with van der Waals surface area (Å²) in [6.07, 6.45) is 11.1. The number of thiazole rings is 1. The van der Waals surface area contributed by atoms with Crippen molar-refractivity contribution in [1.29, 1.82) is 0 Å². The van der Waals surface area contributed by atoms with Gasteiger partial charge in [0, 0.05) is 22.0 Å². The predicted molar refractivity (Wildman–Crippen MR) is 99.3 cm³/mol. The van der Waals surface area contributed by atoms with Gasteiger partial charge in [0.25, 0.3) is 5.91 Å². The molecule has 3 rings (SSSR count). The summed E-state index contributed by atoms with van der Waals surface area (Å²) in [5.41, 5.74) is 1.44. The molecule has 1 heterocycles. The smallest absolute Gasteiger partial charge is 0.274 e. The molecule has 1 fully saturated rings. The van der Waals surface area contributed by atoms with E-state index in [4.69, 9.17) is 18.0 Å². The lowest BCUT2D eigenvalue weighted by Gasteiger charge is -2.32. The van der Waals surface area contributed by atoms with Gasteiger partial charge < -0.3 is 4.90 Å². The van der Waals surface area contributed by atoms with Crippen LogP contribution in [0.25, 0.3) is 10.6 Å². The maximum atomic E-state index is 12.9. The van der Waals surface area contributed by atoms with Crippen LogP contribution in [0.2, 0.25) is 5.02 Å². The van der Waals surface area contributed by atoms with Gasteiger partial charge in [-0.25, -0.2) is 4.98 Å². The summed E-state index contributed by atoms with van der Waals surface area (Å²) in [4.78, 5) is 19.2. The van der Waals surface area contributed by atoms with E-state index in [9.17, 15) is 4.79 Å². The Labute approximate surface area is 151 Å². The first kappa shape index (κ1) is 17.0. The molecule has 0 aliphatic heterocycles. The van der Waals surface area contributed by atoms with E-state index in [1.807, 2.05) is 34.5 Å². The lowest BCUT2D eigenvalue weighted by molar-refractivity contribution is 0.0662. The van der Waals surface area contributed by atoms with Gasteiger partial charge in [-0.05, 0) is 25.0 Å². The SMILES string of the molecule is C#CCN(C(=O)c1csc(-c2ccc(Cl)cc2)n1)C1CCCCC1. The maximum Gasteiger partial charge on any atom is 0.274 e. The Balaban J connectivity index is 1.80. The fraction of sp³-hybridized carbons (Fsp3) is 0.368. The van der Waals surface area contributed by atoms with Gasteiger partial charge in [0.05, 0.1) is 6.54 Å². The molecule has 0 radical (unpaired) electrons. The second kappa shape index (κ2) is 7.83. The van der Waals surface area contributed by atoms with Crippen LogP contribution in [0.15, 0.2) is 29.6 Å². The Morgan fingerprint density at radius 3 is 2.67 bits per heavy atom. The first-order valence-corrected chi connectivity index (χ1v) is 9.40. The van der Waals surface area contributed by atoms with Crippen molar-refractivity contribution >= 4 is 28.8 Å². The molecule has 1 saturated carbocycles. The van der Waals surface area contributed by atoms with Crippen LogP contribution in [0.3, 0.4) is 0 Å². The largest absolute Gasteiger partial charge is 0.323 e. The Morgan fingerprint density at radius 2 is 2.00 bits per heavy atom. The summed E-state index contributed by atoms with van der Waals surface area (Å²) in [6.45, 7) is 0.345. The Morgan fingerprint density at radius 1 is 1.29 bits per heavy atom. The monoisotopic (exact) mass is 358 g/mol.